The van der Waals surface area contributed by atoms with Crippen molar-refractivity contribution in [3.8, 4) is 0 Å². The van der Waals surface area contributed by atoms with Crippen molar-refractivity contribution in [3.63, 3.8) is 0 Å². The highest BCUT2D eigenvalue weighted by Crippen LogP contribution is 2.46. The summed E-state index contributed by atoms with van der Waals surface area (Å²) in [5, 5.41) is 1.65. The van der Waals surface area contributed by atoms with Crippen LogP contribution < -0.4 is 10.6 Å². The number of hydrogen-bond acceptors (Lipinski definition) is 6. The Morgan fingerprint density at radius 3 is 2.23 bits per heavy atom. The van der Waals surface area contributed by atoms with Gasteiger partial charge in [0, 0.05) is 17.3 Å². The number of carbonyl (C=O) groups excluding carboxylic acids is 2. The van der Waals surface area contributed by atoms with E-state index in [2.05, 4.69) is 9.72 Å². The Bertz CT molecular complexity index is 943. The number of aromatic nitrogens is 1. The number of ether oxygens (including phenoxy) is 1. The van der Waals surface area contributed by atoms with Crippen LogP contribution >= 0.6 is 11.3 Å². The van der Waals surface area contributed by atoms with Crippen molar-refractivity contribution < 1.29 is 40.7 Å². The molecule has 31 heavy (non-hydrogen) atoms. The third-order valence-electron chi connectivity index (χ3n) is 4.33. The van der Waals surface area contributed by atoms with Gasteiger partial charge in [-0.1, -0.05) is 6.92 Å². The van der Waals surface area contributed by atoms with Gasteiger partial charge in [-0.05, 0) is 31.0 Å². The number of pyridine rings is 1. The quantitative estimate of drug-likeness (QED) is 0.371. The van der Waals surface area contributed by atoms with Crippen LogP contribution in [0.5, 0.6) is 0 Å². The first-order valence-corrected chi connectivity index (χ1v) is 9.45. The summed E-state index contributed by atoms with van der Waals surface area (Å²) in [6, 6.07) is 2.18. The number of nitrogens with one attached hydrogen (secondary N) is 2. The van der Waals surface area contributed by atoms with Gasteiger partial charge in [0.15, 0.2) is 0 Å². The smallest absolute Gasteiger partial charge is 0.439 e. The van der Waals surface area contributed by atoms with Crippen molar-refractivity contribution in [2.75, 3.05) is 12.4 Å². The van der Waals surface area contributed by atoms with E-state index in [4.69, 9.17) is 0 Å². The highest BCUT2D eigenvalue weighted by atomic mass is 32.1. The van der Waals surface area contributed by atoms with Crippen molar-refractivity contribution in [1.82, 2.24) is 10.3 Å². The average Bonchev–Trinajstić information content (AvgIpc) is 3.00. The molecule has 0 radical (unpaired) electrons. The number of esters is 1. The van der Waals surface area contributed by atoms with Crippen molar-refractivity contribution in [2.24, 2.45) is 0 Å². The predicted molar refractivity (Wildman–Crippen MR) is 99.9 cm³/mol. The molecule has 170 valence electrons. The first-order chi connectivity index (χ1) is 14.3. The molecule has 6 nitrogen and oxygen atoms in total. The number of aryl methyl sites for hydroxylation is 1. The van der Waals surface area contributed by atoms with Gasteiger partial charge >= 0.3 is 24.0 Å². The van der Waals surface area contributed by atoms with E-state index in [1.807, 2.05) is 0 Å². The summed E-state index contributed by atoms with van der Waals surface area (Å²) in [7, 11) is 0.948. The van der Waals surface area contributed by atoms with Crippen LogP contribution in [0.15, 0.2) is 24.5 Å². The number of carbonyl (C=O) groups is 2. The zero-order chi connectivity index (χ0) is 23.6. The SMILES string of the molecule is CCc1c(C)sc(NC(NC(=O)c2cccnc2)(C(F)(F)F)C(F)(F)F)c1C(=O)OC. The minimum absolute atomic E-state index is 0.154. The molecule has 2 N–H and O–H groups in total. The molecule has 0 fully saturated rings. The molecule has 0 aliphatic heterocycles. The van der Waals surface area contributed by atoms with E-state index in [9.17, 15) is 35.9 Å². The summed E-state index contributed by atoms with van der Waals surface area (Å²) < 4.78 is 88.0. The van der Waals surface area contributed by atoms with Crippen molar-refractivity contribution in [2.45, 2.75) is 38.3 Å². The fourth-order valence-electron chi connectivity index (χ4n) is 2.80. The minimum Gasteiger partial charge on any atom is -0.465 e. The number of alkyl halides is 6. The maximum absolute atomic E-state index is 13.9. The maximum atomic E-state index is 13.9. The molecule has 0 saturated heterocycles. The van der Waals surface area contributed by atoms with Crippen LogP contribution in [-0.4, -0.2) is 42.0 Å². The molecule has 0 aromatic carbocycles. The molecular weight excluding hydrogens is 452 g/mol. The first kappa shape index (κ1) is 24.4. The van der Waals surface area contributed by atoms with Crippen LogP contribution in [0, 0.1) is 6.92 Å². The van der Waals surface area contributed by atoms with Crippen LogP contribution in [0.4, 0.5) is 31.3 Å². The summed E-state index contributed by atoms with van der Waals surface area (Å²) >= 11 is 0.516. The third kappa shape index (κ3) is 4.60. The van der Waals surface area contributed by atoms with E-state index < -0.39 is 46.0 Å². The Balaban J connectivity index is 2.68. The fourth-order valence-corrected chi connectivity index (χ4v) is 3.98. The second-order valence-electron chi connectivity index (χ2n) is 6.25. The Hall–Kier alpha value is -2.83. The van der Waals surface area contributed by atoms with Crippen LogP contribution in [0.3, 0.4) is 0 Å². The molecule has 0 saturated carbocycles. The fraction of sp³-hybridized carbons (Fsp3) is 0.389. The second kappa shape index (κ2) is 8.73. The molecule has 0 aliphatic carbocycles. The van der Waals surface area contributed by atoms with Gasteiger partial charge in [0.25, 0.3) is 5.91 Å². The summed E-state index contributed by atoms with van der Waals surface area (Å²) in [4.78, 5) is 28.2. The molecule has 2 aromatic rings. The number of thiophene rings is 1. The number of hydrogen-bond donors (Lipinski definition) is 2. The van der Waals surface area contributed by atoms with Gasteiger partial charge in [0.2, 0.25) is 0 Å². The van der Waals surface area contributed by atoms with Crippen molar-refractivity contribution in [1.29, 1.82) is 0 Å². The molecule has 0 bridgehead atoms. The van der Waals surface area contributed by atoms with Crippen molar-refractivity contribution >= 4 is 28.2 Å². The van der Waals surface area contributed by atoms with Crippen LogP contribution in [0.2, 0.25) is 0 Å². The molecule has 2 heterocycles. The molecule has 13 heteroatoms. The predicted octanol–water partition coefficient (Wildman–Crippen LogP) is 4.46. The lowest BCUT2D eigenvalue weighted by molar-refractivity contribution is -0.293. The molecule has 0 aliphatic rings. The molecule has 2 rings (SSSR count). The lowest BCUT2D eigenvalue weighted by Crippen LogP contribution is -2.72. The van der Waals surface area contributed by atoms with E-state index in [1.165, 1.54) is 24.5 Å². The van der Waals surface area contributed by atoms with E-state index in [1.54, 1.807) is 6.92 Å². The molecule has 0 spiro atoms. The Morgan fingerprint density at radius 1 is 1.16 bits per heavy atom. The van der Waals surface area contributed by atoms with Gasteiger partial charge in [-0.2, -0.15) is 26.3 Å². The van der Waals surface area contributed by atoms with Crippen molar-refractivity contribution in [3.05, 3.63) is 46.1 Å². The van der Waals surface area contributed by atoms with Gasteiger partial charge in [-0.3, -0.25) is 9.78 Å². The largest absolute Gasteiger partial charge is 0.465 e. The zero-order valence-corrected chi connectivity index (χ0v) is 17.2. The van der Waals surface area contributed by atoms with Crippen LogP contribution in [-0.2, 0) is 11.2 Å². The lowest BCUT2D eigenvalue weighted by atomic mass is 10.1. The first-order valence-electron chi connectivity index (χ1n) is 8.63. The van der Waals surface area contributed by atoms with Gasteiger partial charge < -0.3 is 15.4 Å². The molecule has 0 unspecified atom stereocenters. The summed E-state index contributed by atoms with van der Waals surface area (Å²) in [5.74, 6) is -2.78. The molecule has 1 amide bonds. The summed E-state index contributed by atoms with van der Waals surface area (Å²) in [6.45, 7) is 3.02. The highest BCUT2D eigenvalue weighted by Gasteiger charge is 2.73. The highest BCUT2D eigenvalue weighted by molar-refractivity contribution is 7.16. The number of halogens is 6. The number of amides is 1. The van der Waals surface area contributed by atoms with Gasteiger partial charge in [-0.15, -0.1) is 11.3 Å². The van der Waals surface area contributed by atoms with Crippen LogP contribution in [0.1, 0.15) is 38.1 Å². The topological polar surface area (TPSA) is 80.3 Å². The normalized spacial score (nSPS) is 12.4. The zero-order valence-electron chi connectivity index (χ0n) is 16.4. The lowest BCUT2D eigenvalue weighted by Gasteiger charge is -2.38. The summed E-state index contributed by atoms with van der Waals surface area (Å²) in [6.07, 6.45) is -9.92. The third-order valence-corrected chi connectivity index (χ3v) is 5.39. The Morgan fingerprint density at radius 2 is 1.77 bits per heavy atom. The Kier molecular flexibility index (Phi) is 6.88. The van der Waals surface area contributed by atoms with E-state index in [0.29, 0.717) is 16.2 Å². The second-order valence-corrected chi connectivity index (χ2v) is 7.48. The van der Waals surface area contributed by atoms with E-state index >= 15 is 0 Å². The van der Waals surface area contributed by atoms with Gasteiger partial charge in [0.05, 0.1) is 18.2 Å². The van der Waals surface area contributed by atoms with Gasteiger partial charge in [0.1, 0.15) is 5.00 Å². The number of anilines is 1. The summed E-state index contributed by atoms with van der Waals surface area (Å²) in [5.41, 5.74) is -5.64. The van der Waals surface area contributed by atoms with Gasteiger partial charge in [-0.25, -0.2) is 4.79 Å². The van der Waals surface area contributed by atoms with Crippen LogP contribution in [0.25, 0.3) is 0 Å². The molecular formula is C18H17F6N3O3S. The average molecular weight is 469 g/mol. The molecule has 0 atom stereocenters. The maximum Gasteiger partial charge on any atom is 0.439 e. The number of rotatable bonds is 6. The number of methoxy groups -OCH3 is 1. The number of nitrogens with zero attached hydrogens (tertiary/aromatic N) is 1. The minimum atomic E-state index is -6.04. The molecule has 2 aromatic heterocycles. The monoisotopic (exact) mass is 469 g/mol. The van der Waals surface area contributed by atoms with E-state index in [-0.39, 0.29) is 12.0 Å². The standard InChI is InChI=1S/C18H17F6N3O3S/c1-4-11-9(2)31-14(12(11)15(29)30-3)27-16(17(19,20)21,18(22,23)24)26-13(28)10-6-5-7-25-8-10/h5-8,27H,4H2,1-3H3,(H,26,28). The Labute approximate surface area is 176 Å². The van der Waals surface area contributed by atoms with E-state index in [0.717, 1.165) is 24.7 Å².